The summed E-state index contributed by atoms with van der Waals surface area (Å²) in [5, 5.41) is 0. The molecule has 2 rings (SSSR count). The van der Waals surface area contributed by atoms with Crippen molar-refractivity contribution in [1.82, 2.24) is 9.97 Å². The summed E-state index contributed by atoms with van der Waals surface area (Å²) in [6.07, 6.45) is -1.99. The van der Waals surface area contributed by atoms with E-state index in [1.54, 1.807) is 0 Å². The van der Waals surface area contributed by atoms with Gasteiger partial charge in [-0.05, 0) is 24.1 Å². The van der Waals surface area contributed by atoms with Crippen LogP contribution < -0.4 is 0 Å². The van der Waals surface area contributed by atoms with E-state index in [2.05, 4.69) is 14.7 Å². The minimum Gasteiger partial charge on any atom is -0.455 e. The number of carbonyl (C=O) groups is 1. The Balaban J connectivity index is 2.19. The van der Waals surface area contributed by atoms with Gasteiger partial charge in [-0.2, -0.15) is 43.9 Å². The van der Waals surface area contributed by atoms with E-state index in [1.165, 1.54) is 24.5 Å². The Kier molecular flexibility index (Phi) is 7.91. The van der Waals surface area contributed by atoms with E-state index in [0.29, 0.717) is 12.0 Å². The lowest BCUT2D eigenvalue weighted by atomic mass is 9.94. The highest BCUT2D eigenvalue weighted by Crippen LogP contribution is 2.58. The van der Waals surface area contributed by atoms with Gasteiger partial charge in [0.25, 0.3) is 0 Å². The second-order valence-corrected chi connectivity index (χ2v) is 7.27. The zero-order chi connectivity index (χ0) is 27.7. The SMILES string of the molecule is CCc1cnc(-c2ccc(C(=O)OCC(F)(F)C(F)(F)C(F)(F)C(F)(F)C(F)(F)C(F)F)cc2)nc1. The maximum Gasteiger partial charge on any atom is 0.384 e. The molecular weight excluding hydrogens is 528 g/mol. The van der Waals surface area contributed by atoms with Crippen molar-refractivity contribution < 1.29 is 62.2 Å². The second-order valence-electron chi connectivity index (χ2n) is 7.27. The number of alkyl halides is 12. The van der Waals surface area contributed by atoms with Crippen LogP contribution in [0, 0.1) is 0 Å². The van der Waals surface area contributed by atoms with Crippen LogP contribution in [-0.4, -0.2) is 58.6 Å². The number of hydrogen-bond acceptors (Lipinski definition) is 4. The lowest BCUT2D eigenvalue weighted by molar-refractivity contribution is -0.414. The third kappa shape index (κ3) is 4.93. The summed E-state index contributed by atoms with van der Waals surface area (Å²) in [7, 11) is 0. The van der Waals surface area contributed by atoms with Crippen LogP contribution in [0.2, 0.25) is 0 Å². The number of benzene rings is 1. The molecule has 0 amide bonds. The fourth-order valence-electron chi connectivity index (χ4n) is 2.55. The van der Waals surface area contributed by atoms with E-state index in [0.717, 1.165) is 17.7 Å². The van der Waals surface area contributed by atoms with Crippen LogP contribution >= 0.6 is 0 Å². The molecule has 0 spiro atoms. The average molecular weight is 542 g/mol. The summed E-state index contributed by atoms with van der Waals surface area (Å²) in [4.78, 5) is 19.9. The molecule has 0 saturated heterocycles. The van der Waals surface area contributed by atoms with Crippen molar-refractivity contribution in [3.63, 3.8) is 0 Å². The second kappa shape index (κ2) is 9.76. The molecule has 0 aliphatic rings. The van der Waals surface area contributed by atoms with Gasteiger partial charge in [-0.3, -0.25) is 0 Å². The first kappa shape index (κ1) is 29.2. The molecule has 0 radical (unpaired) electrons. The molecule has 0 atom stereocenters. The Hall–Kier alpha value is -3.07. The van der Waals surface area contributed by atoms with Crippen LogP contribution in [0.5, 0.6) is 0 Å². The first-order valence-electron chi connectivity index (χ1n) is 9.59. The van der Waals surface area contributed by atoms with Gasteiger partial charge in [0.1, 0.15) is 0 Å². The number of esters is 1. The summed E-state index contributed by atoms with van der Waals surface area (Å²) in [5.74, 6) is -37.8. The van der Waals surface area contributed by atoms with Crippen LogP contribution in [0.1, 0.15) is 22.8 Å². The molecule has 2 aromatic rings. The van der Waals surface area contributed by atoms with E-state index in [1.807, 2.05) is 6.92 Å². The van der Waals surface area contributed by atoms with Gasteiger partial charge in [0.05, 0.1) is 5.56 Å². The topological polar surface area (TPSA) is 52.1 Å². The van der Waals surface area contributed by atoms with Crippen LogP contribution in [0.4, 0.5) is 52.7 Å². The number of hydrogen-bond donors (Lipinski definition) is 0. The summed E-state index contributed by atoms with van der Waals surface area (Å²) in [6.45, 7) is -1.14. The number of halogens is 12. The van der Waals surface area contributed by atoms with Crippen LogP contribution in [-0.2, 0) is 11.2 Å². The Morgan fingerprint density at radius 2 is 1.33 bits per heavy atom. The van der Waals surface area contributed by atoms with Crippen molar-refractivity contribution >= 4 is 5.97 Å². The largest absolute Gasteiger partial charge is 0.455 e. The van der Waals surface area contributed by atoms with Gasteiger partial charge < -0.3 is 4.74 Å². The van der Waals surface area contributed by atoms with Gasteiger partial charge >= 0.3 is 42.0 Å². The number of aryl methyl sites for hydroxylation is 1. The van der Waals surface area contributed by atoms with Gasteiger partial charge in [-0.1, -0.05) is 19.1 Å². The quantitative estimate of drug-likeness (QED) is 0.261. The van der Waals surface area contributed by atoms with Crippen molar-refractivity contribution in [1.29, 1.82) is 0 Å². The molecule has 0 saturated carbocycles. The molecule has 200 valence electrons. The molecule has 1 aromatic carbocycles. The zero-order valence-electron chi connectivity index (χ0n) is 17.7. The fraction of sp³-hybridized carbons (Fsp3) is 0.450. The van der Waals surface area contributed by atoms with Crippen molar-refractivity contribution in [2.24, 2.45) is 0 Å². The summed E-state index contributed by atoms with van der Waals surface area (Å²) >= 11 is 0. The molecule has 4 nitrogen and oxygen atoms in total. The maximum absolute atomic E-state index is 13.8. The van der Waals surface area contributed by atoms with Crippen LogP contribution in [0.15, 0.2) is 36.7 Å². The van der Waals surface area contributed by atoms with Gasteiger partial charge in [0.2, 0.25) is 0 Å². The molecule has 0 fully saturated rings. The number of carbonyl (C=O) groups excluding carboxylic acids is 1. The van der Waals surface area contributed by atoms with E-state index in [-0.39, 0.29) is 5.82 Å². The molecule has 16 heteroatoms. The van der Waals surface area contributed by atoms with Crippen molar-refractivity contribution in [2.75, 3.05) is 6.61 Å². The van der Waals surface area contributed by atoms with Gasteiger partial charge in [-0.25, -0.2) is 23.5 Å². The normalized spacial score (nSPS) is 13.7. The fourth-order valence-corrected chi connectivity index (χ4v) is 2.55. The molecule has 0 aliphatic carbocycles. The third-order valence-electron chi connectivity index (χ3n) is 4.82. The average Bonchev–Trinajstić information content (AvgIpc) is 2.82. The van der Waals surface area contributed by atoms with Crippen LogP contribution in [0.25, 0.3) is 11.4 Å². The van der Waals surface area contributed by atoms with Crippen molar-refractivity contribution in [3.05, 3.63) is 47.8 Å². The highest BCUT2D eigenvalue weighted by Gasteiger charge is 2.87. The van der Waals surface area contributed by atoms with Gasteiger partial charge in [0, 0.05) is 18.0 Å². The van der Waals surface area contributed by atoms with E-state index >= 15 is 0 Å². The Labute approximate surface area is 194 Å². The number of aromatic nitrogens is 2. The molecule has 0 aliphatic heterocycles. The molecule has 0 bridgehead atoms. The molecule has 0 N–H and O–H groups in total. The molecule has 1 heterocycles. The summed E-state index contributed by atoms with van der Waals surface area (Å²) in [5.41, 5.74) is 0.496. The highest BCUT2D eigenvalue weighted by molar-refractivity contribution is 5.90. The monoisotopic (exact) mass is 542 g/mol. The lowest BCUT2D eigenvalue weighted by Gasteiger charge is -2.38. The Morgan fingerprint density at radius 1 is 0.833 bits per heavy atom. The van der Waals surface area contributed by atoms with E-state index < -0.39 is 54.2 Å². The third-order valence-corrected chi connectivity index (χ3v) is 4.82. The lowest BCUT2D eigenvalue weighted by Crippen LogP contribution is -2.69. The highest BCUT2D eigenvalue weighted by atomic mass is 19.4. The maximum atomic E-state index is 13.8. The summed E-state index contributed by atoms with van der Waals surface area (Å²) in [6, 6.07) is 4.17. The Morgan fingerprint density at radius 3 is 1.78 bits per heavy atom. The molecule has 36 heavy (non-hydrogen) atoms. The standard InChI is InChI=1S/C20H14F12N2O2/c1-2-10-7-33-13(34-8-10)11-3-5-12(6-4-11)14(35)36-9-16(23,24)18(27,28)20(31,32)19(29,30)17(25,26)15(21)22/h3-8,15H,2,9H2,1H3. The summed E-state index contributed by atoms with van der Waals surface area (Å²) < 4.78 is 162. The predicted octanol–water partition coefficient (Wildman–Crippen LogP) is 6.30. The number of nitrogens with zero attached hydrogens (tertiary/aromatic N) is 2. The number of ether oxygens (including phenoxy) is 1. The first-order valence-corrected chi connectivity index (χ1v) is 9.59. The van der Waals surface area contributed by atoms with E-state index in [4.69, 9.17) is 0 Å². The van der Waals surface area contributed by atoms with Crippen molar-refractivity contribution in [2.45, 2.75) is 49.4 Å². The van der Waals surface area contributed by atoms with Gasteiger partial charge in [-0.15, -0.1) is 0 Å². The smallest absolute Gasteiger partial charge is 0.384 e. The minimum atomic E-state index is -7.69. The number of rotatable bonds is 10. The first-order chi connectivity index (χ1) is 16.3. The molecular formula is C20H14F12N2O2. The van der Waals surface area contributed by atoms with Crippen molar-refractivity contribution in [3.8, 4) is 11.4 Å². The minimum absolute atomic E-state index is 0.169. The van der Waals surface area contributed by atoms with E-state index in [9.17, 15) is 57.5 Å². The molecule has 0 unspecified atom stereocenters. The Bertz CT molecular complexity index is 1060. The molecule has 1 aromatic heterocycles. The van der Waals surface area contributed by atoms with Crippen LogP contribution in [0.3, 0.4) is 0 Å². The zero-order valence-corrected chi connectivity index (χ0v) is 17.7. The predicted molar refractivity (Wildman–Crippen MR) is 97.9 cm³/mol. The van der Waals surface area contributed by atoms with Gasteiger partial charge in [0.15, 0.2) is 12.4 Å².